The van der Waals surface area contributed by atoms with Gasteiger partial charge in [-0.05, 0) is 50.2 Å². The second-order valence-electron chi connectivity index (χ2n) is 10.3. The molecule has 1 aromatic rings. The van der Waals surface area contributed by atoms with Crippen molar-refractivity contribution in [1.82, 2.24) is 10.2 Å². The molecular formula is C26H37N3O4S. The molecule has 3 heterocycles. The summed E-state index contributed by atoms with van der Waals surface area (Å²) in [6, 6.07) is 4.64. The lowest BCUT2D eigenvalue weighted by molar-refractivity contribution is -0.142. The van der Waals surface area contributed by atoms with Gasteiger partial charge < -0.3 is 20.6 Å². The van der Waals surface area contributed by atoms with Gasteiger partial charge >= 0.3 is 0 Å². The molecule has 3 N–H and O–H groups in total. The van der Waals surface area contributed by atoms with Crippen LogP contribution in [0.5, 0.6) is 0 Å². The van der Waals surface area contributed by atoms with E-state index in [9.17, 15) is 19.5 Å². The van der Waals surface area contributed by atoms with Crippen molar-refractivity contribution in [3.05, 3.63) is 29.3 Å². The Morgan fingerprint density at radius 1 is 1.24 bits per heavy atom. The summed E-state index contributed by atoms with van der Waals surface area (Å²) >= 11 is 1.66. The Balaban J connectivity index is 1.76. The van der Waals surface area contributed by atoms with Crippen LogP contribution in [0.1, 0.15) is 51.2 Å². The molecule has 3 amide bonds. The molecule has 2 bridgehead atoms. The smallest absolute Gasteiger partial charge is 0.248 e. The summed E-state index contributed by atoms with van der Waals surface area (Å²) in [4.78, 5) is 42.8. The lowest BCUT2D eigenvalue weighted by Crippen LogP contribution is -2.56. The van der Waals surface area contributed by atoms with Crippen LogP contribution in [-0.4, -0.2) is 63.0 Å². The summed E-state index contributed by atoms with van der Waals surface area (Å²) in [5.41, 5.74) is 2.68. The minimum Gasteiger partial charge on any atom is -0.394 e. The topological polar surface area (TPSA) is 98.7 Å². The number of nitrogens with one attached hydrogen (secondary N) is 2. The Labute approximate surface area is 206 Å². The zero-order valence-electron chi connectivity index (χ0n) is 20.8. The average Bonchev–Trinajstić information content (AvgIpc) is 3.43. The first-order valence-corrected chi connectivity index (χ1v) is 13.3. The third-order valence-corrected chi connectivity index (χ3v) is 9.83. The first-order valence-electron chi connectivity index (χ1n) is 12.4. The second-order valence-corrected chi connectivity index (χ2v) is 11.9. The maximum absolute atomic E-state index is 14.0. The molecule has 4 rings (SSSR count). The van der Waals surface area contributed by atoms with Crippen LogP contribution >= 0.6 is 11.8 Å². The van der Waals surface area contributed by atoms with Gasteiger partial charge in [0, 0.05) is 17.5 Å². The fraction of sp³-hybridized carbons (Fsp3) is 0.654. The number of hydrogen-bond acceptors (Lipinski definition) is 5. The summed E-state index contributed by atoms with van der Waals surface area (Å²) in [6.07, 6.45) is 2.35. The Hall–Kier alpha value is -2.06. The van der Waals surface area contributed by atoms with E-state index in [0.717, 1.165) is 29.7 Å². The third-order valence-electron chi connectivity index (χ3n) is 7.88. The largest absolute Gasteiger partial charge is 0.394 e. The summed E-state index contributed by atoms with van der Waals surface area (Å²) in [5, 5.41) is 16.4. The van der Waals surface area contributed by atoms with Gasteiger partial charge in [0.15, 0.2) is 0 Å². The first-order chi connectivity index (χ1) is 16.2. The minimum atomic E-state index is -0.734. The highest BCUT2D eigenvalue weighted by molar-refractivity contribution is 8.02. The average molecular weight is 488 g/mol. The van der Waals surface area contributed by atoms with E-state index in [0.29, 0.717) is 13.0 Å². The molecule has 3 aliphatic heterocycles. The van der Waals surface area contributed by atoms with Crippen LogP contribution in [0.3, 0.4) is 0 Å². The maximum atomic E-state index is 14.0. The number of aliphatic hydroxyl groups excluding tert-OH is 1. The number of rotatable bonds is 8. The van der Waals surface area contributed by atoms with Gasteiger partial charge in [0.2, 0.25) is 17.7 Å². The Morgan fingerprint density at radius 3 is 2.50 bits per heavy atom. The molecule has 0 radical (unpaired) electrons. The molecule has 6 atom stereocenters. The Kier molecular flexibility index (Phi) is 7.02. The quantitative estimate of drug-likeness (QED) is 0.524. The maximum Gasteiger partial charge on any atom is 0.248 e. The molecule has 7 nitrogen and oxygen atoms in total. The van der Waals surface area contributed by atoms with Crippen molar-refractivity contribution in [2.45, 2.75) is 76.0 Å². The van der Waals surface area contributed by atoms with Crippen molar-refractivity contribution < 1.29 is 19.5 Å². The van der Waals surface area contributed by atoms with E-state index in [2.05, 4.69) is 10.6 Å². The zero-order valence-corrected chi connectivity index (χ0v) is 21.6. The van der Waals surface area contributed by atoms with Gasteiger partial charge in [-0.3, -0.25) is 14.4 Å². The number of carbonyl (C=O) groups excluding carboxylic acids is 3. The normalized spacial score (nSPS) is 30.6. The molecule has 2 unspecified atom stereocenters. The summed E-state index contributed by atoms with van der Waals surface area (Å²) in [6.45, 7) is 10.2. The molecule has 0 aliphatic carbocycles. The van der Waals surface area contributed by atoms with Crippen LogP contribution in [-0.2, 0) is 14.4 Å². The number of nitrogens with zero attached hydrogens (tertiary/aromatic N) is 1. The van der Waals surface area contributed by atoms with Crippen molar-refractivity contribution in [3.8, 4) is 0 Å². The zero-order chi connectivity index (χ0) is 24.8. The Morgan fingerprint density at radius 2 is 1.91 bits per heavy atom. The van der Waals surface area contributed by atoms with Gasteiger partial charge in [-0.1, -0.05) is 39.0 Å². The van der Waals surface area contributed by atoms with Crippen molar-refractivity contribution in [2.75, 3.05) is 18.5 Å². The number of carbonyl (C=O) groups is 3. The molecular weight excluding hydrogens is 450 g/mol. The van der Waals surface area contributed by atoms with Crippen LogP contribution in [0.15, 0.2) is 18.2 Å². The molecule has 34 heavy (non-hydrogen) atoms. The van der Waals surface area contributed by atoms with E-state index < -0.39 is 28.7 Å². The molecule has 3 aliphatic rings. The number of amides is 3. The van der Waals surface area contributed by atoms with E-state index in [1.165, 1.54) is 0 Å². The highest BCUT2D eigenvalue weighted by Gasteiger charge is 2.74. The lowest BCUT2D eigenvalue weighted by Gasteiger charge is -2.38. The predicted molar refractivity (Wildman–Crippen MR) is 135 cm³/mol. The van der Waals surface area contributed by atoms with E-state index in [-0.39, 0.29) is 35.5 Å². The van der Waals surface area contributed by atoms with E-state index >= 15 is 0 Å². The number of hydrogen-bond donors (Lipinski definition) is 3. The van der Waals surface area contributed by atoms with Crippen LogP contribution in [0.4, 0.5) is 5.69 Å². The molecule has 1 spiro atoms. The fourth-order valence-electron chi connectivity index (χ4n) is 6.24. The molecule has 3 fully saturated rings. The molecule has 0 saturated carbocycles. The summed E-state index contributed by atoms with van der Waals surface area (Å²) in [5.74, 6) is -1.50. The van der Waals surface area contributed by atoms with E-state index in [1.807, 2.05) is 52.8 Å². The van der Waals surface area contributed by atoms with Crippen LogP contribution in [0, 0.1) is 31.6 Å². The second kappa shape index (κ2) is 9.53. The third kappa shape index (κ3) is 3.83. The minimum absolute atomic E-state index is 0.0331. The van der Waals surface area contributed by atoms with Crippen LogP contribution < -0.4 is 10.6 Å². The number of likely N-dealkylation sites (tertiary alicyclic amines) is 1. The van der Waals surface area contributed by atoms with Crippen LogP contribution in [0.2, 0.25) is 0 Å². The predicted octanol–water partition coefficient (Wildman–Crippen LogP) is 2.88. The summed E-state index contributed by atoms with van der Waals surface area (Å²) in [7, 11) is 0. The van der Waals surface area contributed by atoms with Crippen molar-refractivity contribution in [2.24, 2.45) is 17.8 Å². The van der Waals surface area contributed by atoms with E-state index in [4.69, 9.17) is 0 Å². The number of aryl methyl sites for hydroxylation is 2. The molecule has 8 heteroatoms. The van der Waals surface area contributed by atoms with E-state index in [1.54, 1.807) is 16.7 Å². The summed E-state index contributed by atoms with van der Waals surface area (Å²) < 4.78 is -0.654. The number of benzene rings is 1. The fourth-order valence-corrected chi connectivity index (χ4v) is 8.44. The van der Waals surface area contributed by atoms with Gasteiger partial charge in [0.1, 0.15) is 6.04 Å². The van der Waals surface area contributed by atoms with Gasteiger partial charge in [0.05, 0.1) is 29.2 Å². The molecule has 1 aromatic carbocycles. The number of fused-ring (bicyclic) bond motifs is 1. The first kappa shape index (κ1) is 25.0. The van der Waals surface area contributed by atoms with Gasteiger partial charge in [0.25, 0.3) is 0 Å². The molecule has 186 valence electrons. The number of anilines is 1. The Bertz CT molecular complexity index is 963. The van der Waals surface area contributed by atoms with Crippen molar-refractivity contribution >= 4 is 35.2 Å². The van der Waals surface area contributed by atoms with Crippen molar-refractivity contribution in [3.63, 3.8) is 0 Å². The highest BCUT2D eigenvalue weighted by Crippen LogP contribution is 2.66. The monoisotopic (exact) mass is 487 g/mol. The molecule has 3 saturated heterocycles. The molecule has 0 aromatic heterocycles. The SMILES string of the molecule is CCCNC(=O)[C@@H]1[C@@H]2CCC3(S2)C(C(=O)Nc2c(C)cccc2C)N([C@@H](CO)C(C)C)C(=O)[C@H]13. The number of thioether (sulfide) groups is 1. The standard InChI is InChI=1S/C26H37N3O4S/c1-6-12-27-23(31)19-18-10-11-26(34-18)20(19)25(33)29(17(13-30)14(2)3)22(26)24(32)28-21-15(4)8-7-9-16(21)5/h7-9,14,17-20,22,30H,6,10-13H2,1-5H3,(H,27,31)(H,28,32)/t17-,18-,19+,20-,22?,26?/m0/s1. The van der Waals surface area contributed by atoms with Crippen LogP contribution in [0.25, 0.3) is 0 Å². The highest BCUT2D eigenvalue weighted by atomic mass is 32.2. The number of aliphatic hydroxyl groups is 1. The van der Waals surface area contributed by atoms with Gasteiger partial charge in [-0.2, -0.15) is 0 Å². The number of para-hydroxylation sites is 1. The lowest BCUT2D eigenvalue weighted by atomic mass is 9.70. The van der Waals surface area contributed by atoms with Gasteiger partial charge in [-0.25, -0.2) is 0 Å². The van der Waals surface area contributed by atoms with Crippen molar-refractivity contribution in [1.29, 1.82) is 0 Å². The van der Waals surface area contributed by atoms with Gasteiger partial charge in [-0.15, -0.1) is 11.8 Å².